The lowest BCUT2D eigenvalue weighted by Gasteiger charge is -2.01. The highest BCUT2D eigenvalue weighted by Crippen LogP contribution is 2.04. The van der Waals surface area contributed by atoms with E-state index in [0.29, 0.717) is 6.61 Å². The normalized spacial score (nSPS) is 11.3. The summed E-state index contributed by atoms with van der Waals surface area (Å²) in [5, 5.41) is 1.10. The minimum absolute atomic E-state index is 0.184. The Balaban J connectivity index is 1.97. The van der Waals surface area contributed by atoms with Crippen molar-refractivity contribution in [2.24, 2.45) is 0 Å². The summed E-state index contributed by atoms with van der Waals surface area (Å²) in [5.74, 6) is -0.184. The van der Waals surface area contributed by atoms with Crippen molar-refractivity contribution in [2.45, 2.75) is 32.1 Å². The molecule has 0 spiro atoms. The molecule has 3 heteroatoms. The predicted molar refractivity (Wildman–Crippen MR) is 82.3 cm³/mol. The van der Waals surface area contributed by atoms with Crippen LogP contribution in [0.25, 0.3) is 0 Å². The first-order valence-electron chi connectivity index (χ1n) is 6.86. The lowest BCUT2D eigenvalue weighted by molar-refractivity contribution is 0.157. The van der Waals surface area contributed by atoms with E-state index in [-0.39, 0.29) is 5.82 Å². The zero-order valence-electron chi connectivity index (χ0n) is 11.3. The summed E-state index contributed by atoms with van der Waals surface area (Å²) < 4.78 is 18.2. The summed E-state index contributed by atoms with van der Waals surface area (Å²) in [6.45, 7) is 1.50. The first kappa shape index (κ1) is 16.4. The van der Waals surface area contributed by atoms with Crippen LogP contribution >= 0.6 is 15.9 Å². The third-order valence-electron chi connectivity index (χ3n) is 2.82. The molecule has 1 aromatic carbocycles. The number of benzene rings is 1. The van der Waals surface area contributed by atoms with Crippen LogP contribution in [-0.4, -0.2) is 18.5 Å². The van der Waals surface area contributed by atoms with Gasteiger partial charge in [-0.25, -0.2) is 4.39 Å². The van der Waals surface area contributed by atoms with E-state index in [4.69, 9.17) is 4.74 Å². The Morgan fingerprint density at radius 1 is 1.00 bits per heavy atom. The van der Waals surface area contributed by atoms with Gasteiger partial charge < -0.3 is 4.74 Å². The largest absolute Gasteiger partial charge is 0.377 e. The zero-order chi connectivity index (χ0) is 13.8. The Morgan fingerprint density at radius 2 is 1.74 bits per heavy atom. The molecule has 1 nitrogen and oxygen atoms in total. The molecule has 0 bridgehead atoms. The van der Waals surface area contributed by atoms with Gasteiger partial charge in [0, 0.05) is 11.9 Å². The van der Waals surface area contributed by atoms with E-state index in [1.54, 1.807) is 0 Å². The Labute approximate surface area is 124 Å². The molecule has 0 radical (unpaired) electrons. The van der Waals surface area contributed by atoms with Gasteiger partial charge in [-0.05, 0) is 37.0 Å². The second kappa shape index (κ2) is 11.2. The van der Waals surface area contributed by atoms with Crippen LogP contribution < -0.4 is 0 Å². The lowest BCUT2D eigenvalue weighted by Crippen LogP contribution is -1.94. The number of rotatable bonds is 10. The highest BCUT2D eigenvalue weighted by atomic mass is 79.9. The summed E-state index contributed by atoms with van der Waals surface area (Å²) in [6.07, 6.45) is 9.82. The SMILES string of the molecule is Fc1ccc(CC=CCOCCCCCCBr)cc1. The minimum Gasteiger partial charge on any atom is -0.377 e. The first-order chi connectivity index (χ1) is 9.33. The monoisotopic (exact) mass is 328 g/mol. The summed E-state index contributed by atoms with van der Waals surface area (Å²) in [5.41, 5.74) is 1.12. The Kier molecular flexibility index (Phi) is 9.64. The van der Waals surface area contributed by atoms with Crippen molar-refractivity contribution in [3.8, 4) is 0 Å². The van der Waals surface area contributed by atoms with Crippen LogP contribution in [0, 0.1) is 5.82 Å². The molecule has 0 aliphatic heterocycles. The van der Waals surface area contributed by atoms with Crippen molar-refractivity contribution in [3.63, 3.8) is 0 Å². The molecule has 0 N–H and O–H groups in total. The van der Waals surface area contributed by atoms with Crippen molar-refractivity contribution in [1.82, 2.24) is 0 Å². The molecular formula is C16H22BrFO. The number of hydrogen-bond donors (Lipinski definition) is 0. The van der Waals surface area contributed by atoms with Gasteiger partial charge in [0.15, 0.2) is 0 Å². The van der Waals surface area contributed by atoms with Gasteiger partial charge in [-0.2, -0.15) is 0 Å². The van der Waals surface area contributed by atoms with Crippen molar-refractivity contribution >= 4 is 15.9 Å². The molecule has 0 aromatic heterocycles. The smallest absolute Gasteiger partial charge is 0.123 e. The van der Waals surface area contributed by atoms with Crippen molar-refractivity contribution in [2.75, 3.05) is 18.5 Å². The molecule has 0 amide bonds. The Morgan fingerprint density at radius 3 is 2.47 bits per heavy atom. The van der Waals surface area contributed by atoms with Crippen LogP contribution in [0.15, 0.2) is 36.4 Å². The lowest BCUT2D eigenvalue weighted by atomic mass is 10.1. The summed E-state index contributed by atoms with van der Waals surface area (Å²) in [4.78, 5) is 0. The molecule has 0 saturated heterocycles. The highest BCUT2D eigenvalue weighted by molar-refractivity contribution is 9.09. The average Bonchev–Trinajstić information content (AvgIpc) is 2.43. The number of halogens is 2. The summed E-state index contributed by atoms with van der Waals surface area (Å²) >= 11 is 3.42. The van der Waals surface area contributed by atoms with E-state index < -0.39 is 0 Å². The van der Waals surface area contributed by atoms with Gasteiger partial charge in [-0.1, -0.05) is 53.1 Å². The maximum atomic E-state index is 12.7. The van der Waals surface area contributed by atoms with Gasteiger partial charge in [0.25, 0.3) is 0 Å². The van der Waals surface area contributed by atoms with Crippen molar-refractivity contribution < 1.29 is 9.13 Å². The number of allylic oxidation sites excluding steroid dienone is 1. The van der Waals surface area contributed by atoms with Gasteiger partial charge >= 0.3 is 0 Å². The van der Waals surface area contributed by atoms with Crippen LogP contribution in [-0.2, 0) is 11.2 Å². The van der Waals surface area contributed by atoms with Crippen LogP contribution in [0.4, 0.5) is 4.39 Å². The van der Waals surface area contributed by atoms with Gasteiger partial charge in [-0.3, -0.25) is 0 Å². The summed E-state index contributed by atoms with van der Waals surface area (Å²) in [6, 6.07) is 6.61. The molecule has 106 valence electrons. The molecular weight excluding hydrogens is 307 g/mol. The van der Waals surface area contributed by atoms with E-state index in [1.165, 1.54) is 31.4 Å². The fourth-order valence-electron chi connectivity index (χ4n) is 1.71. The Bertz CT molecular complexity index is 348. The van der Waals surface area contributed by atoms with E-state index >= 15 is 0 Å². The third-order valence-corrected chi connectivity index (χ3v) is 3.38. The molecule has 1 aromatic rings. The van der Waals surface area contributed by atoms with Gasteiger partial charge in [-0.15, -0.1) is 0 Å². The molecule has 0 unspecified atom stereocenters. The predicted octanol–water partition coefficient (Wildman–Crippen LogP) is 4.90. The number of hydrogen-bond acceptors (Lipinski definition) is 1. The van der Waals surface area contributed by atoms with E-state index in [1.807, 2.05) is 18.2 Å². The first-order valence-corrected chi connectivity index (χ1v) is 7.98. The Hall–Kier alpha value is -0.670. The molecule has 0 fully saturated rings. The zero-order valence-corrected chi connectivity index (χ0v) is 12.9. The van der Waals surface area contributed by atoms with Crippen LogP contribution in [0.5, 0.6) is 0 Å². The number of ether oxygens (including phenoxy) is 1. The average molecular weight is 329 g/mol. The second-order valence-corrected chi connectivity index (χ2v) is 5.27. The van der Waals surface area contributed by atoms with Gasteiger partial charge in [0.1, 0.15) is 5.82 Å². The number of unbranched alkanes of at least 4 members (excludes halogenated alkanes) is 3. The van der Waals surface area contributed by atoms with Crippen LogP contribution in [0.2, 0.25) is 0 Å². The standard InChI is InChI=1S/C16H22BrFO/c17-12-4-1-2-5-13-19-14-6-3-7-15-8-10-16(18)11-9-15/h3,6,8-11H,1-2,4-5,7,12-14H2. The molecule has 0 saturated carbocycles. The van der Waals surface area contributed by atoms with E-state index in [2.05, 4.69) is 22.0 Å². The summed E-state index contributed by atoms with van der Waals surface area (Å²) in [7, 11) is 0. The molecule has 19 heavy (non-hydrogen) atoms. The highest BCUT2D eigenvalue weighted by Gasteiger charge is 1.91. The minimum atomic E-state index is -0.184. The van der Waals surface area contributed by atoms with Crippen molar-refractivity contribution in [3.05, 3.63) is 47.8 Å². The van der Waals surface area contributed by atoms with Gasteiger partial charge in [0.05, 0.1) is 6.61 Å². The molecule has 0 aliphatic carbocycles. The topological polar surface area (TPSA) is 9.23 Å². The van der Waals surface area contributed by atoms with E-state index in [9.17, 15) is 4.39 Å². The fourth-order valence-corrected chi connectivity index (χ4v) is 2.11. The van der Waals surface area contributed by atoms with Gasteiger partial charge in [0.2, 0.25) is 0 Å². The molecule has 0 aliphatic rings. The van der Waals surface area contributed by atoms with Crippen molar-refractivity contribution in [1.29, 1.82) is 0 Å². The maximum absolute atomic E-state index is 12.7. The quantitative estimate of drug-likeness (QED) is 0.337. The maximum Gasteiger partial charge on any atom is 0.123 e. The molecule has 0 atom stereocenters. The number of alkyl halides is 1. The van der Waals surface area contributed by atoms with Crippen LogP contribution in [0.1, 0.15) is 31.2 Å². The molecule has 0 heterocycles. The second-order valence-electron chi connectivity index (χ2n) is 4.48. The van der Waals surface area contributed by atoms with Crippen LogP contribution in [0.3, 0.4) is 0 Å². The fraction of sp³-hybridized carbons (Fsp3) is 0.500. The molecule has 1 rings (SSSR count). The third kappa shape index (κ3) is 8.95. The van der Waals surface area contributed by atoms with E-state index in [0.717, 1.165) is 30.3 Å².